The number of Topliss-reactive ketones (excluding diaryl/α,β-unsaturated/α-hetero) is 1. The second-order valence-electron chi connectivity index (χ2n) is 5.05. The van der Waals surface area contributed by atoms with E-state index in [1.165, 1.54) is 0 Å². The summed E-state index contributed by atoms with van der Waals surface area (Å²) in [5, 5.41) is 0. The molecule has 1 aromatic rings. The highest BCUT2D eigenvalue weighted by atomic mass is 16.1. The number of ketones is 1. The zero-order chi connectivity index (χ0) is 12.7. The van der Waals surface area contributed by atoms with E-state index in [2.05, 4.69) is 25.8 Å². The summed E-state index contributed by atoms with van der Waals surface area (Å²) in [5.74, 6) is 0.938. The average Bonchev–Trinajstić information content (AvgIpc) is 2.29. The molecule has 0 aromatic heterocycles. The molecular formula is C15H23NO. The summed E-state index contributed by atoms with van der Waals surface area (Å²) in [4.78, 5) is 14.1. The van der Waals surface area contributed by atoms with Crippen LogP contribution in [0.25, 0.3) is 0 Å². The molecule has 0 saturated heterocycles. The van der Waals surface area contributed by atoms with Crippen LogP contribution in [-0.2, 0) is 0 Å². The molecule has 0 unspecified atom stereocenters. The molecule has 0 bridgehead atoms. The van der Waals surface area contributed by atoms with Crippen molar-refractivity contribution in [2.24, 2.45) is 5.92 Å². The smallest absolute Gasteiger partial charge is 0.162 e. The zero-order valence-corrected chi connectivity index (χ0v) is 11.1. The van der Waals surface area contributed by atoms with Crippen molar-refractivity contribution in [3.8, 4) is 0 Å². The number of carbonyl (C=O) groups excluding carboxylic acids is 1. The molecule has 0 aliphatic carbocycles. The lowest BCUT2D eigenvalue weighted by atomic mass is 10.1. The summed E-state index contributed by atoms with van der Waals surface area (Å²) in [6.45, 7) is 6.52. The van der Waals surface area contributed by atoms with Crippen LogP contribution < -0.4 is 0 Å². The van der Waals surface area contributed by atoms with Crippen molar-refractivity contribution in [2.75, 3.05) is 20.1 Å². The molecule has 0 spiro atoms. The van der Waals surface area contributed by atoms with Crippen LogP contribution in [0.3, 0.4) is 0 Å². The molecule has 2 heteroatoms. The fourth-order valence-electron chi connectivity index (χ4n) is 1.99. The van der Waals surface area contributed by atoms with Crippen molar-refractivity contribution >= 4 is 5.78 Å². The third kappa shape index (κ3) is 5.64. The summed E-state index contributed by atoms with van der Waals surface area (Å²) in [7, 11) is 2.12. The standard InChI is InChI=1S/C15H23NO/c1-13(2)12-16(3)11-7-10-15(17)14-8-5-4-6-9-14/h4-6,8-9,13H,7,10-12H2,1-3H3. The summed E-state index contributed by atoms with van der Waals surface area (Å²) in [5.41, 5.74) is 0.832. The lowest BCUT2D eigenvalue weighted by molar-refractivity contribution is 0.0976. The molecule has 0 heterocycles. The highest BCUT2D eigenvalue weighted by molar-refractivity contribution is 5.95. The Bertz CT molecular complexity index is 332. The maximum atomic E-state index is 11.8. The second kappa shape index (κ2) is 7.23. The van der Waals surface area contributed by atoms with Crippen LogP contribution in [-0.4, -0.2) is 30.8 Å². The molecule has 0 amide bonds. The Labute approximate surface area is 105 Å². The van der Waals surface area contributed by atoms with Gasteiger partial charge in [-0.1, -0.05) is 44.2 Å². The third-order valence-electron chi connectivity index (χ3n) is 2.72. The first-order valence-electron chi connectivity index (χ1n) is 6.36. The van der Waals surface area contributed by atoms with Crippen LogP contribution in [0.2, 0.25) is 0 Å². The van der Waals surface area contributed by atoms with E-state index in [0.29, 0.717) is 12.3 Å². The van der Waals surface area contributed by atoms with Crippen molar-refractivity contribution in [3.05, 3.63) is 35.9 Å². The molecule has 94 valence electrons. The maximum Gasteiger partial charge on any atom is 0.162 e. The molecule has 0 radical (unpaired) electrons. The summed E-state index contributed by atoms with van der Waals surface area (Å²) < 4.78 is 0. The monoisotopic (exact) mass is 233 g/mol. The SMILES string of the molecule is CC(C)CN(C)CCCC(=O)c1ccccc1. The molecular weight excluding hydrogens is 210 g/mol. The molecule has 0 fully saturated rings. The Balaban J connectivity index is 2.25. The average molecular weight is 233 g/mol. The first-order valence-corrected chi connectivity index (χ1v) is 6.36. The molecule has 1 rings (SSSR count). The molecule has 17 heavy (non-hydrogen) atoms. The summed E-state index contributed by atoms with van der Waals surface area (Å²) in [6.07, 6.45) is 1.59. The molecule has 2 nitrogen and oxygen atoms in total. The first-order chi connectivity index (χ1) is 8.09. The Morgan fingerprint density at radius 1 is 1.24 bits per heavy atom. The van der Waals surface area contributed by atoms with E-state index in [1.807, 2.05) is 30.3 Å². The van der Waals surface area contributed by atoms with E-state index in [9.17, 15) is 4.79 Å². The minimum Gasteiger partial charge on any atom is -0.306 e. The number of rotatable bonds is 7. The number of carbonyl (C=O) groups is 1. The van der Waals surface area contributed by atoms with Crippen molar-refractivity contribution in [1.82, 2.24) is 4.90 Å². The summed E-state index contributed by atoms with van der Waals surface area (Å²) in [6, 6.07) is 9.55. The molecule has 0 atom stereocenters. The van der Waals surface area contributed by atoms with Gasteiger partial charge in [-0.2, -0.15) is 0 Å². The van der Waals surface area contributed by atoms with Gasteiger partial charge < -0.3 is 4.90 Å². The minimum absolute atomic E-state index is 0.253. The van der Waals surface area contributed by atoms with Gasteiger partial charge in [-0.25, -0.2) is 0 Å². The molecule has 0 aliphatic rings. The van der Waals surface area contributed by atoms with Crippen LogP contribution in [0.1, 0.15) is 37.0 Å². The van der Waals surface area contributed by atoms with Gasteiger partial charge in [-0.05, 0) is 25.9 Å². The molecule has 0 aliphatic heterocycles. The van der Waals surface area contributed by atoms with Crippen LogP contribution in [0.15, 0.2) is 30.3 Å². The van der Waals surface area contributed by atoms with Gasteiger partial charge in [-0.15, -0.1) is 0 Å². The zero-order valence-electron chi connectivity index (χ0n) is 11.1. The van der Waals surface area contributed by atoms with E-state index in [0.717, 1.165) is 25.1 Å². The second-order valence-corrected chi connectivity index (χ2v) is 5.05. The predicted molar refractivity (Wildman–Crippen MR) is 72.3 cm³/mol. The van der Waals surface area contributed by atoms with E-state index in [4.69, 9.17) is 0 Å². The van der Waals surface area contributed by atoms with Crippen molar-refractivity contribution in [2.45, 2.75) is 26.7 Å². The van der Waals surface area contributed by atoms with Gasteiger partial charge in [0, 0.05) is 18.5 Å². The number of benzene rings is 1. The number of nitrogens with zero attached hydrogens (tertiary/aromatic N) is 1. The van der Waals surface area contributed by atoms with Gasteiger partial charge in [0.25, 0.3) is 0 Å². The van der Waals surface area contributed by atoms with Crippen molar-refractivity contribution in [3.63, 3.8) is 0 Å². The third-order valence-corrected chi connectivity index (χ3v) is 2.72. The largest absolute Gasteiger partial charge is 0.306 e. The Hall–Kier alpha value is -1.15. The van der Waals surface area contributed by atoms with E-state index < -0.39 is 0 Å². The maximum absolute atomic E-state index is 11.8. The quantitative estimate of drug-likeness (QED) is 0.674. The topological polar surface area (TPSA) is 20.3 Å². The highest BCUT2D eigenvalue weighted by Gasteiger charge is 2.06. The van der Waals surface area contributed by atoms with Crippen LogP contribution >= 0.6 is 0 Å². The van der Waals surface area contributed by atoms with Crippen LogP contribution in [0.4, 0.5) is 0 Å². The van der Waals surface area contributed by atoms with Gasteiger partial charge in [0.2, 0.25) is 0 Å². The summed E-state index contributed by atoms with van der Waals surface area (Å²) >= 11 is 0. The van der Waals surface area contributed by atoms with E-state index >= 15 is 0 Å². The van der Waals surface area contributed by atoms with Crippen LogP contribution in [0, 0.1) is 5.92 Å². The normalized spacial score (nSPS) is 11.1. The van der Waals surface area contributed by atoms with Gasteiger partial charge in [0.05, 0.1) is 0 Å². The van der Waals surface area contributed by atoms with Crippen molar-refractivity contribution < 1.29 is 4.79 Å². The fourth-order valence-corrected chi connectivity index (χ4v) is 1.99. The van der Waals surface area contributed by atoms with Gasteiger partial charge >= 0.3 is 0 Å². The minimum atomic E-state index is 0.253. The van der Waals surface area contributed by atoms with Crippen molar-refractivity contribution in [1.29, 1.82) is 0 Å². The lowest BCUT2D eigenvalue weighted by Crippen LogP contribution is -2.24. The van der Waals surface area contributed by atoms with Gasteiger partial charge in [-0.3, -0.25) is 4.79 Å². The van der Waals surface area contributed by atoms with Crippen LogP contribution in [0.5, 0.6) is 0 Å². The molecule has 0 saturated carbocycles. The Morgan fingerprint density at radius 2 is 1.88 bits per heavy atom. The van der Waals surface area contributed by atoms with Gasteiger partial charge in [0.1, 0.15) is 0 Å². The predicted octanol–water partition coefficient (Wildman–Crippen LogP) is 3.24. The highest BCUT2D eigenvalue weighted by Crippen LogP contribution is 2.06. The Morgan fingerprint density at radius 3 is 2.47 bits per heavy atom. The molecule has 1 aromatic carbocycles. The number of hydrogen-bond donors (Lipinski definition) is 0. The van der Waals surface area contributed by atoms with Gasteiger partial charge in [0.15, 0.2) is 5.78 Å². The lowest BCUT2D eigenvalue weighted by Gasteiger charge is -2.18. The first kappa shape index (κ1) is 13.9. The van der Waals surface area contributed by atoms with E-state index in [1.54, 1.807) is 0 Å². The van der Waals surface area contributed by atoms with E-state index in [-0.39, 0.29) is 5.78 Å². The fraction of sp³-hybridized carbons (Fsp3) is 0.533. The number of hydrogen-bond acceptors (Lipinski definition) is 2. The molecule has 0 N–H and O–H groups in total. The Kier molecular flexibility index (Phi) is 5.92.